The predicted molar refractivity (Wildman–Crippen MR) is 80.9 cm³/mol. The van der Waals surface area contributed by atoms with E-state index in [-0.39, 0.29) is 5.91 Å². The molecule has 0 radical (unpaired) electrons. The van der Waals surface area contributed by atoms with Gasteiger partial charge in [-0.25, -0.2) is 4.79 Å². The van der Waals surface area contributed by atoms with E-state index < -0.39 is 11.5 Å². The van der Waals surface area contributed by atoms with E-state index in [0.29, 0.717) is 10.7 Å². The molecule has 6 nitrogen and oxygen atoms in total. The molecule has 7 heteroatoms. The number of hydrogen-bond donors (Lipinski definition) is 2. The summed E-state index contributed by atoms with van der Waals surface area (Å²) in [5.74, 6) is -0.902. The van der Waals surface area contributed by atoms with Crippen LogP contribution in [0.15, 0.2) is 18.3 Å². The quantitative estimate of drug-likeness (QED) is 0.909. The molecule has 0 fully saturated rings. The zero-order valence-corrected chi connectivity index (χ0v) is 13.1. The first-order chi connectivity index (χ1) is 9.71. The van der Waals surface area contributed by atoms with Gasteiger partial charge in [0.25, 0.3) is 5.91 Å². The molecule has 21 heavy (non-hydrogen) atoms. The maximum Gasteiger partial charge on any atom is 0.331 e. The summed E-state index contributed by atoms with van der Waals surface area (Å²) < 4.78 is 1.32. The summed E-state index contributed by atoms with van der Waals surface area (Å²) in [6.45, 7) is 6.99. The number of aryl methyl sites for hydroxylation is 2. The van der Waals surface area contributed by atoms with Gasteiger partial charge in [0, 0.05) is 17.1 Å². The van der Waals surface area contributed by atoms with Crippen LogP contribution >= 0.6 is 11.3 Å². The summed E-state index contributed by atoms with van der Waals surface area (Å²) in [5.41, 5.74) is -0.0956. The second-order valence-electron chi connectivity index (χ2n) is 5.31. The van der Waals surface area contributed by atoms with Crippen molar-refractivity contribution in [2.75, 3.05) is 5.32 Å². The van der Waals surface area contributed by atoms with Crippen molar-refractivity contribution in [3.63, 3.8) is 0 Å². The highest BCUT2D eigenvalue weighted by Gasteiger charge is 2.30. The number of carbonyl (C=O) groups excluding carboxylic acids is 1. The van der Waals surface area contributed by atoms with Crippen LogP contribution in [0, 0.1) is 13.8 Å². The van der Waals surface area contributed by atoms with Crippen LogP contribution in [0.3, 0.4) is 0 Å². The summed E-state index contributed by atoms with van der Waals surface area (Å²) in [6.07, 6.45) is 1.54. The van der Waals surface area contributed by atoms with Gasteiger partial charge in [-0.2, -0.15) is 5.10 Å². The molecule has 0 aliphatic rings. The lowest BCUT2D eigenvalue weighted by Crippen LogP contribution is -2.36. The van der Waals surface area contributed by atoms with Gasteiger partial charge in [0.2, 0.25) is 0 Å². The number of carbonyl (C=O) groups is 2. The molecule has 1 amide bonds. The number of nitrogens with one attached hydrogen (secondary N) is 1. The highest BCUT2D eigenvalue weighted by atomic mass is 32.1. The van der Waals surface area contributed by atoms with Crippen LogP contribution in [0.1, 0.15) is 34.0 Å². The van der Waals surface area contributed by atoms with Crippen molar-refractivity contribution in [2.24, 2.45) is 0 Å². The fourth-order valence-corrected chi connectivity index (χ4v) is 2.59. The van der Waals surface area contributed by atoms with Gasteiger partial charge in [-0.1, -0.05) is 0 Å². The van der Waals surface area contributed by atoms with Crippen LogP contribution in [0.4, 0.5) is 5.82 Å². The molecule has 2 rings (SSSR count). The van der Waals surface area contributed by atoms with Gasteiger partial charge in [0.15, 0.2) is 11.4 Å². The fourth-order valence-electron chi connectivity index (χ4n) is 1.66. The Morgan fingerprint density at radius 2 is 2.05 bits per heavy atom. The molecule has 2 aromatic heterocycles. The second-order valence-corrected chi connectivity index (χ2v) is 6.57. The number of carboxylic acid groups (broad SMARTS) is 1. The number of aromatic nitrogens is 2. The highest BCUT2D eigenvalue weighted by Crippen LogP contribution is 2.22. The molecule has 0 saturated heterocycles. The van der Waals surface area contributed by atoms with Crippen molar-refractivity contribution in [3.05, 3.63) is 33.6 Å². The first-order valence-corrected chi connectivity index (χ1v) is 7.21. The third-order valence-corrected chi connectivity index (χ3v) is 4.47. The Hall–Kier alpha value is -2.15. The number of thiophene rings is 1. The van der Waals surface area contributed by atoms with Gasteiger partial charge >= 0.3 is 5.97 Å². The largest absolute Gasteiger partial charge is 0.479 e. The Bertz CT molecular complexity index is 681. The van der Waals surface area contributed by atoms with E-state index >= 15 is 0 Å². The van der Waals surface area contributed by atoms with E-state index in [0.717, 1.165) is 10.4 Å². The lowest BCUT2D eigenvalue weighted by molar-refractivity contribution is -0.146. The zero-order valence-electron chi connectivity index (χ0n) is 12.3. The number of rotatable bonds is 4. The molecule has 2 heterocycles. The van der Waals surface area contributed by atoms with Crippen LogP contribution < -0.4 is 5.32 Å². The molecule has 0 unspecified atom stereocenters. The molecular weight excluding hydrogens is 290 g/mol. The average molecular weight is 307 g/mol. The van der Waals surface area contributed by atoms with E-state index in [1.54, 1.807) is 19.9 Å². The molecule has 0 aliphatic heterocycles. The van der Waals surface area contributed by atoms with Crippen LogP contribution in [0.5, 0.6) is 0 Å². The molecule has 0 spiro atoms. The standard InChI is InChI=1S/C14H17N3O3S/c1-8-7-10(21-9(8)2)12(18)15-11-5-6-17(16-11)14(3,4)13(19)20/h5-7H,1-4H3,(H,19,20)(H,15,16,18). The highest BCUT2D eigenvalue weighted by molar-refractivity contribution is 7.14. The maximum atomic E-state index is 12.1. The van der Waals surface area contributed by atoms with Crippen LogP contribution in [-0.4, -0.2) is 26.8 Å². The summed E-state index contributed by atoms with van der Waals surface area (Å²) in [6, 6.07) is 3.41. The number of hydrogen-bond acceptors (Lipinski definition) is 4. The summed E-state index contributed by atoms with van der Waals surface area (Å²) in [4.78, 5) is 25.0. The summed E-state index contributed by atoms with van der Waals surface area (Å²) in [5, 5.41) is 15.9. The van der Waals surface area contributed by atoms with Crippen molar-refractivity contribution in [1.82, 2.24) is 9.78 Å². The smallest absolute Gasteiger partial charge is 0.331 e. The molecule has 2 N–H and O–H groups in total. The van der Waals surface area contributed by atoms with Crippen molar-refractivity contribution in [3.8, 4) is 0 Å². The minimum Gasteiger partial charge on any atom is -0.479 e. The number of carboxylic acids is 1. The Balaban J connectivity index is 2.16. The van der Waals surface area contributed by atoms with Crippen molar-refractivity contribution in [1.29, 1.82) is 0 Å². The first-order valence-electron chi connectivity index (χ1n) is 6.39. The third kappa shape index (κ3) is 2.97. The Kier molecular flexibility index (Phi) is 3.87. The van der Waals surface area contributed by atoms with E-state index in [4.69, 9.17) is 5.11 Å². The normalized spacial score (nSPS) is 11.4. The fraction of sp³-hybridized carbons (Fsp3) is 0.357. The minimum atomic E-state index is -1.17. The zero-order chi connectivity index (χ0) is 15.8. The van der Waals surface area contributed by atoms with Crippen LogP contribution in [0.2, 0.25) is 0 Å². The SMILES string of the molecule is Cc1cc(C(=O)Nc2ccn(C(C)(C)C(=O)O)n2)sc1C. The van der Waals surface area contributed by atoms with E-state index in [1.807, 2.05) is 19.9 Å². The molecule has 0 aromatic carbocycles. The lowest BCUT2D eigenvalue weighted by atomic mass is 10.1. The first kappa shape index (κ1) is 15.2. The van der Waals surface area contributed by atoms with Gasteiger partial charge in [0.05, 0.1) is 4.88 Å². The van der Waals surface area contributed by atoms with E-state index in [9.17, 15) is 9.59 Å². The number of nitrogens with zero attached hydrogens (tertiary/aromatic N) is 2. The van der Waals surface area contributed by atoms with Gasteiger partial charge in [-0.15, -0.1) is 11.3 Å². The van der Waals surface area contributed by atoms with Gasteiger partial charge in [-0.3, -0.25) is 9.48 Å². The Morgan fingerprint density at radius 1 is 1.38 bits per heavy atom. The molecule has 0 atom stereocenters. The second kappa shape index (κ2) is 5.33. The predicted octanol–water partition coefficient (Wildman–Crippen LogP) is 2.63. The number of amides is 1. The Morgan fingerprint density at radius 3 is 2.57 bits per heavy atom. The topological polar surface area (TPSA) is 84.2 Å². The van der Waals surface area contributed by atoms with E-state index in [2.05, 4.69) is 10.4 Å². The van der Waals surface area contributed by atoms with Crippen molar-refractivity contribution >= 4 is 29.0 Å². The minimum absolute atomic E-state index is 0.241. The molecular formula is C14H17N3O3S. The molecule has 2 aromatic rings. The number of aliphatic carboxylic acids is 1. The van der Waals surface area contributed by atoms with Crippen molar-refractivity contribution in [2.45, 2.75) is 33.2 Å². The summed E-state index contributed by atoms with van der Waals surface area (Å²) >= 11 is 1.42. The van der Waals surface area contributed by atoms with Crippen LogP contribution in [-0.2, 0) is 10.3 Å². The van der Waals surface area contributed by atoms with Crippen LogP contribution in [0.25, 0.3) is 0 Å². The van der Waals surface area contributed by atoms with Crippen molar-refractivity contribution < 1.29 is 14.7 Å². The molecule has 0 bridgehead atoms. The van der Waals surface area contributed by atoms with E-state index in [1.165, 1.54) is 22.2 Å². The van der Waals surface area contributed by atoms with Gasteiger partial charge < -0.3 is 10.4 Å². The monoisotopic (exact) mass is 307 g/mol. The van der Waals surface area contributed by atoms with Gasteiger partial charge in [-0.05, 0) is 39.3 Å². The maximum absolute atomic E-state index is 12.1. The molecule has 0 saturated carbocycles. The molecule has 112 valence electrons. The Labute approximate surface area is 126 Å². The summed E-state index contributed by atoms with van der Waals surface area (Å²) in [7, 11) is 0. The third-order valence-electron chi connectivity index (χ3n) is 3.32. The average Bonchev–Trinajstić information content (AvgIpc) is 2.98. The molecule has 0 aliphatic carbocycles. The number of anilines is 1. The van der Waals surface area contributed by atoms with Gasteiger partial charge in [0.1, 0.15) is 0 Å². The lowest BCUT2D eigenvalue weighted by Gasteiger charge is -2.19.